The molecule has 128 valence electrons. The molecule has 0 radical (unpaired) electrons. The first-order chi connectivity index (χ1) is 11.9. The Balaban J connectivity index is 2.25. The summed E-state index contributed by atoms with van der Waals surface area (Å²) < 4.78 is 1.88. The van der Waals surface area contributed by atoms with E-state index in [0.29, 0.717) is 28.7 Å². The molecule has 0 saturated heterocycles. The largest absolute Gasteiger partial charge is 0.508 e. The van der Waals surface area contributed by atoms with E-state index in [0.717, 1.165) is 5.56 Å². The lowest BCUT2D eigenvalue weighted by Crippen LogP contribution is -2.05. The van der Waals surface area contributed by atoms with Crippen LogP contribution in [0.2, 0.25) is 0 Å². The number of hydrogen-bond acceptors (Lipinski definition) is 3. The molecule has 25 heavy (non-hydrogen) atoms. The minimum Gasteiger partial charge on any atom is -0.508 e. The Kier molecular flexibility index (Phi) is 4.19. The molecule has 3 aromatic rings. The highest BCUT2D eigenvalue weighted by Gasteiger charge is 2.21. The molecule has 0 aliphatic rings. The van der Waals surface area contributed by atoms with E-state index in [9.17, 15) is 24.9 Å². The average molecular weight is 339 g/mol. The van der Waals surface area contributed by atoms with Crippen molar-refractivity contribution >= 4 is 22.8 Å². The van der Waals surface area contributed by atoms with Gasteiger partial charge in [-0.3, -0.25) is 4.79 Å². The van der Waals surface area contributed by atoms with Crippen LogP contribution in [-0.4, -0.2) is 31.8 Å². The average Bonchev–Trinajstić information content (AvgIpc) is 2.80. The minimum absolute atomic E-state index is 0.0894. The van der Waals surface area contributed by atoms with Crippen LogP contribution in [0.4, 0.5) is 0 Å². The maximum Gasteiger partial charge on any atom is 0.336 e. The molecule has 2 aromatic carbocycles. The van der Waals surface area contributed by atoms with Gasteiger partial charge in [-0.05, 0) is 42.3 Å². The van der Waals surface area contributed by atoms with E-state index in [-0.39, 0.29) is 17.7 Å². The molecule has 0 amide bonds. The summed E-state index contributed by atoms with van der Waals surface area (Å²) in [5.41, 5.74) is 2.79. The number of phenolic OH excluding ortho intramolecular Hbond substituents is 1. The van der Waals surface area contributed by atoms with E-state index < -0.39 is 11.9 Å². The first kappa shape index (κ1) is 16.6. The summed E-state index contributed by atoms with van der Waals surface area (Å²) >= 11 is 0. The molecule has 0 fully saturated rings. The summed E-state index contributed by atoms with van der Waals surface area (Å²) in [4.78, 5) is 22.9. The summed E-state index contributed by atoms with van der Waals surface area (Å²) in [6.45, 7) is 2.19. The summed E-state index contributed by atoms with van der Waals surface area (Å²) in [7, 11) is 0. The molecule has 0 saturated carbocycles. The third-order valence-corrected chi connectivity index (χ3v) is 4.29. The highest BCUT2D eigenvalue weighted by molar-refractivity contribution is 6.06. The lowest BCUT2D eigenvalue weighted by atomic mass is 10.0. The number of aromatic carboxylic acids is 1. The van der Waals surface area contributed by atoms with Gasteiger partial charge in [-0.15, -0.1) is 0 Å². The second-order valence-electron chi connectivity index (χ2n) is 5.90. The van der Waals surface area contributed by atoms with Crippen LogP contribution in [0.25, 0.3) is 10.9 Å². The van der Waals surface area contributed by atoms with Gasteiger partial charge < -0.3 is 19.9 Å². The van der Waals surface area contributed by atoms with Crippen LogP contribution in [0.1, 0.15) is 27.2 Å². The predicted octanol–water partition coefficient (Wildman–Crippen LogP) is 3.03. The molecule has 0 atom stereocenters. The van der Waals surface area contributed by atoms with E-state index in [1.54, 1.807) is 37.3 Å². The predicted molar refractivity (Wildman–Crippen MR) is 92.2 cm³/mol. The minimum atomic E-state index is -1.09. The number of benzene rings is 2. The smallest absolute Gasteiger partial charge is 0.336 e. The summed E-state index contributed by atoms with van der Waals surface area (Å²) in [5.74, 6) is -1.96. The molecular weight excluding hydrogens is 322 g/mol. The Hall–Kier alpha value is -3.28. The molecule has 0 aliphatic heterocycles. The SMILES string of the molecule is Cc1c(CC(=O)O)c2c(C(=O)O)cccc2n1Cc1cccc(O)c1. The number of phenols is 1. The number of carboxylic acid groups (broad SMARTS) is 2. The van der Waals surface area contributed by atoms with E-state index in [1.165, 1.54) is 6.07 Å². The van der Waals surface area contributed by atoms with Crippen molar-refractivity contribution in [3.05, 3.63) is 64.8 Å². The fourth-order valence-electron chi connectivity index (χ4n) is 3.19. The van der Waals surface area contributed by atoms with Crippen LogP contribution in [0.3, 0.4) is 0 Å². The maximum atomic E-state index is 11.6. The number of nitrogens with zero attached hydrogens (tertiary/aromatic N) is 1. The van der Waals surface area contributed by atoms with Crippen molar-refractivity contribution in [3.63, 3.8) is 0 Å². The van der Waals surface area contributed by atoms with Gasteiger partial charge in [0.25, 0.3) is 0 Å². The Labute approximate surface area is 143 Å². The number of rotatable bonds is 5. The second kappa shape index (κ2) is 6.32. The molecule has 1 aromatic heterocycles. The van der Waals surface area contributed by atoms with Gasteiger partial charge in [0.05, 0.1) is 12.0 Å². The molecule has 3 rings (SSSR count). The van der Waals surface area contributed by atoms with Gasteiger partial charge in [0, 0.05) is 23.1 Å². The number of carbonyl (C=O) groups is 2. The number of fused-ring (bicyclic) bond motifs is 1. The fourth-order valence-corrected chi connectivity index (χ4v) is 3.19. The molecule has 0 unspecified atom stereocenters. The highest BCUT2D eigenvalue weighted by atomic mass is 16.4. The maximum absolute atomic E-state index is 11.6. The van der Waals surface area contributed by atoms with Crippen LogP contribution in [0.5, 0.6) is 5.75 Å². The normalized spacial score (nSPS) is 10.9. The van der Waals surface area contributed by atoms with Crippen LogP contribution in [-0.2, 0) is 17.8 Å². The molecular formula is C19H17NO5. The molecule has 0 bridgehead atoms. The third-order valence-electron chi connectivity index (χ3n) is 4.29. The molecule has 0 aliphatic carbocycles. The summed E-state index contributed by atoms with van der Waals surface area (Å²) in [6, 6.07) is 11.7. The van der Waals surface area contributed by atoms with Crippen LogP contribution < -0.4 is 0 Å². The van der Waals surface area contributed by atoms with Crippen LogP contribution in [0, 0.1) is 6.92 Å². The van der Waals surface area contributed by atoms with Gasteiger partial charge in [-0.1, -0.05) is 18.2 Å². The number of aliphatic carboxylic acids is 1. The molecule has 3 N–H and O–H groups in total. The zero-order valence-corrected chi connectivity index (χ0v) is 13.6. The fraction of sp³-hybridized carbons (Fsp3) is 0.158. The van der Waals surface area contributed by atoms with Crippen molar-refractivity contribution in [2.24, 2.45) is 0 Å². The standard InChI is InChI=1S/C19H17NO5/c1-11-15(9-17(22)23)18-14(19(24)25)6-3-7-16(18)20(11)10-12-4-2-5-13(21)8-12/h2-8,21H,9-10H2,1H3,(H,22,23)(H,24,25). The zero-order valence-electron chi connectivity index (χ0n) is 13.6. The van der Waals surface area contributed by atoms with Crippen LogP contribution in [0.15, 0.2) is 42.5 Å². The van der Waals surface area contributed by atoms with E-state index in [4.69, 9.17) is 0 Å². The number of aromatic hydroxyl groups is 1. The van der Waals surface area contributed by atoms with Gasteiger partial charge in [0.15, 0.2) is 0 Å². The Morgan fingerprint density at radius 3 is 2.44 bits per heavy atom. The lowest BCUT2D eigenvalue weighted by molar-refractivity contribution is -0.136. The van der Waals surface area contributed by atoms with Crippen LogP contribution >= 0.6 is 0 Å². The topological polar surface area (TPSA) is 99.8 Å². The Morgan fingerprint density at radius 2 is 1.80 bits per heavy atom. The number of carboxylic acids is 2. The molecule has 6 heteroatoms. The van der Waals surface area contributed by atoms with Gasteiger partial charge in [0.1, 0.15) is 5.75 Å². The quantitative estimate of drug-likeness (QED) is 0.663. The van der Waals surface area contributed by atoms with Gasteiger partial charge in [-0.25, -0.2) is 4.79 Å². The van der Waals surface area contributed by atoms with Gasteiger partial charge >= 0.3 is 11.9 Å². The Morgan fingerprint density at radius 1 is 1.08 bits per heavy atom. The Bertz CT molecular complexity index is 987. The van der Waals surface area contributed by atoms with Crippen molar-refractivity contribution in [1.82, 2.24) is 4.57 Å². The number of hydrogen-bond donors (Lipinski definition) is 3. The summed E-state index contributed by atoms with van der Waals surface area (Å²) in [5, 5.41) is 28.8. The highest BCUT2D eigenvalue weighted by Crippen LogP contribution is 2.30. The van der Waals surface area contributed by atoms with Crippen molar-refractivity contribution in [2.45, 2.75) is 19.9 Å². The zero-order chi connectivity index (χ0) is 18.1. The van der Waals surface area contributed by atoms with Crippen molar-refractivity contribution in [1.29, 1.82) is 0 Å². The van der Waals surface area contributed by atoms with Crippen molar-refractivity contribution < 1.29 is 24.9 Å². The van der Waals surface area contributed by atoms with E-state index in [2.05, 4.69) is 0 Å². The number of aromatic nitrogens is 1. The van der Waals surface area contributed by atoms with Gasteiger partial charge in [-0.2, -0.15) is 0 Å². The third kappa shape index (κ3) is 3.06. The lowest BCUT2D eigenvalue weighted by Gasteiger charge is -2.09. The van der Waals surface area contributed by atoms with Gasteiger partial charge in [0.2, 0.25) is 0 Å². The molecule has 6 nitrogen and oxygen atoms in total. The summed E-state index contributed by atoms with van der Waals surface area (Å²) in [6.07, 6.45) is -0.250. The molecule has 0 spiro atoms. The van der Waals surface area contributed by atoms with Crippen molar-refractivity contribution in [2.75, 3.05) is 0 Å². The first-order valence-corrected chi connectivity index (χ1v) is 7.72. The monoisotopic (exact) mass is 339 g/mol. The first-order valence-electron chi connectivity index (χ1n) is 7.72. The van der Waals surface area contributed by atoms with E-state index in [1.807, 2.05) is 10.6 Å². The second-order valence-corrected chi connectivity index (χ2v) is 5.90. The van der Waals surface area contributed by atoms with E-state index >= 15 is 0 Å². The van der Waals surface area contributed by atoms with Crippen molar-refractivity contribution in [3.8, 4) is 5.75 Å². The molecule has 1 heterocycles.